The van der Waals surface area contributed by atoms with Gasteiger partial charge in [-0.25, -0.2) is 4.99 Å². The maximum atomic E-state index is 6.02. The number of nitrogens with two attached hydrogens (primary N) is 1. The fourth-order valence-electron chi connectivity index (χ4n) is 2.93. The Hall–Kier alpha value is -2.00. The summed E-state index contributed by atoms with van der Waals surface area (Å²) in [6.45, 7) is 3.23. The van der Waals surface area contributed by atoms with E-state index in [9.17, 15) is 0 Å². The lowest BCUT2D eigenvalue weighted by Gasteiger charge is -2.11. The maximum absolute atomic E-state index is 6.02. The molecule has 138 valence electrons. The summed E-state index contributed by atoms with van der Waals surface area (Å²) in [7, 11) is 0. The Morgan fingerprint density at radius 2 is 1.81 bits per heavy atom. The highest BCUT2D eigenvalue weighted by molar-refractivity contribution is 14.0. The van der Waals surface area contributed by atoms with Crippen LogP contribution >= 0.6 is 24.0 Å². The zero-order valence-electron chi connectivity index (χ0n) is 14.4. The smallest absolute Gasteiger partial charge is 0.193 e. The molecule has 0 aromatic heterocycles. The second kappa shape index (κ2) is 8.59. The minimum absolute atomic E-state index is 0. The molecule has 0 fully saturated rings. The van der Waals surface area contributed by atoms with Gasteiger partial charge >= 0.3 is 0 Å². The predicted molar refractivity (Wildman–Crippen MR) is 111 cm³/mol. The van der Waals surface area contributed by atoms with Crippen molar-refractivity contribution in [2.75, 3.05) is 18.5 Å². The lowest BCUT2D eigenvalue weighted by molar-refractivity contribution is 0.134. The summed E-state index contributed by atoms with van der Waals surface area (Å²) in [6, 6.07) is 12.0. The van der Waals surface area contributed by atoms with Crippen LogP contribution in [0, 0.1) is 0 Å². The molecular weight excluding hydrogens is 445 g/mol. The van der Waals surface area contributed by atoms with Crippen LogP contribution in [0.3, 0.4) is 0 Å². The lowest BCUT2D eigenvalue weighted by Crippen LogP contribution is -2.22. The molecule has 6 nitrogen and oxygen atoms in total. The summed E-state index contributed by atoms with van der Waals surface area (Å²) in [5, 5.41) is 3.10. The van der Waals surface area contributed by atoms with Crippen LogP contribution in [0.15, 0.2) is 41.4 Å². The first-order chi connectivity index (χ1) is 12.3. The van der Waals surface area contributed by atoms with E-state index in [1.807, 2.05) is 18.2 Å². The molecule has 2 heterocycles. The summed E-state index contributed by atoms with van der Waals surface area (Å²) in [5.41, 5.74) is 10.5. The van der Waals surface area contributed by atoms with E-state index in [4.69, 9.17) is 19.9 Å². The number of nitrogens with one attached hydrogen (secondary N) is 1. The Morgan fingerprint density at radius 3 is 2.69 bits per heavy atom. The number of rotatable bonds is 3. The van der Waals surface area contributed by atoms with Gasteiger partial charge in [-0.3, -0.25) is 0 Å². The van der Waals surface area contributed by atoms with Crippen LogP contribution in [0.2, 0.25) is 0 Å². The summed E-state index contributed by atoms with van der Waals surface area (Å²) in [4.78, 5) is 4.42. The molecule has 7 heteroatoms. The van der Waals surface area contributed by atoms with Gasteiger partial charge in [0, 0.05) is 18.2 Å². The quantitative estimate of drug-likeness (QED) is 0.411. The zero-order chi connectivity index (χ0) is 17.1. The molecule has 3 N–H and O–H groups in total. The highest BCUT2D eigenvalue weighted by Crippen LogP contribution is 2.32. The monoisotopic (exact) mass is 467 g/mol. The molecule has 0 saturated heterocycles. The average molecular weight is 467 g/mol. The van der Waals surface area contributed by atoms with E-state index in [1.54, 1.807) is 0 Å². The first-order valence-electron chi connectivity index (χ1n) is 8.43. The largest absolute Gasteiger partial charge is 0.490 e. The van der Waals surface area contributed by atoms with Crippen molar-refractivity contribution >= 4 is 35.6 Å². The van der Waals surface area contributed by atoms with Crippen LogP contribution in [0.1, 0.15) is 23.1 Å². The van der Waals surface area contributed by atoms with E-state index >= 15 is 0 Å². The van der Waals surface area contributed by atoms with Crippen molar-refractivity contribution in [1.29, 1.82) is 0 Å². The number of anilines is 1. The first-order valence-corrected chi connectivity index (χ1v) is 8.43. The van der Waals surface area contributed by atoms with Crippen LogP contribution in [0.5, 0.6) is 11.5 Å². The molecule has 0 saturated carbocycles. The Kier molecular flexibility index (Phi) is 6.20. The first kappa shape index (κ1) is 18.8. The number of hydrogen-bond acceptors (Lipinski definition) is 4. The number of fused-ring (bicyclic) bond motifs is 2. The van der Waals surface area contributed by atoms with Gasteiger partial charge in [-0.05, 0) is 28.8 Å². The van der Waals surface area contributed by atoms with Gasteiger partial charge in [0.2, 0.25) is 0 Å². The van der Waals surface area contributed by atoms with Gasteiger partial charge in [-0.1, -0.05) is 18.2 Å². The maximum Gasteiger partial charge on any atom is 0.193 e. The highest BCUT2D eigenvalue weighted by atomic mass is 127. The molecular formula is C19H22IN3O3. The van der Waals surface area contributed by atoms with Gasteiger partial charge in [0.25, 0.3) is 0 Å². The number of ether oxygens (including phenoxy) is 3. The number of guanidine groups is 1. The van der Waals surface area contributed by atoms with E-state index in [0.29, 0.717) is 38.9 Å². The lowest BCUT2D eigenvalue weighted by atomic mass is 10.1. The van der Waals surface area contributed by atoms with Crippen molar-refractivity contribution in [3.05, 3.63) is 53.1 Å². The van der Waals surface area contributed by atoms with Gasteiger partial charge in [0.05, 0.1) is 33.0 Å². The molecule has 0 radical (unpaired) electrons. The SMILES string of the molecule is I.NC(=NCc1ccc2c(c1)COC2)Nc1ccc2c(c1)OCCCO2. The molecule has 0 spiro atoms. The number of benzene rings is 2. The zero-order valence-corrected chi connectivity index (χ0v) is 16.7. The molecule has 2 aromatic rings. The molecule has 26 heavy (non-hydrogen) atoms. The van der Waals surface area contributed by atoms with Crippen molar-refractivity contribution in [2.45, 2.75) is 26.2 Å². The number of halogens is 1. The normalized spacial score (nSPS) is 15.6. The Morgan fingerprint density at radius 1 is 1.00 bits per heavy atom. The second-order valence-corrected chi connectivity index (χ2v) is 6.13. The fraction of sp³-hybridized carbons (Fsp3) is 0.316. The molecule has 2 aliphatic rings. The van der Waals surface area contributed by atoms with Crippen molar-refractivity contribution in [1.82, 2.24) is 0 Å². The van der Waals surface area contributed by atoms with E-state index in [1.165, 1.54) is 11.1 Å². The molecule has 2 aliphatic heterocycles. The third-order valence-electron chi connectivity index (χ3n) is 4.24. The average Bonchev–Trinajstić information content (AvgIpc) is 2.96. The predicted octanol–water partition coefficient (Wildman–Crippen LogP) is 3.42. The Labute approximate surface area is 169 Å². The fourth-order valence-corrected chi connectivity index (χ4v) is 2.93. The summed E-state index contributed by atoms with van der Waals surface area (Å²) in [5.74, 6) is 1.86. The standard InChI is InChI=1S/C19H21N3O3.HI/c20-19(21-10-13-2-3-14-11-23-12-15(14)8-13)22-16-4-5-17-18(9-16)25-7-1-6-24-17;/h2-5,8-9H,1,6-7,10-12H2,(H3,20,21,22);1H. The highest BCUT2D eigenvalue weighted by Gasteiger charge is 2.12. The van der Waals surface area contributed by atoms with Crippen LogP contribution in [-0.2, 0) is 24.5 Å². The van der Waals surface area contributed by atoms with Gasteiger partial charge in [-0.2, -0.15) is 0 Å². The minimum Gasteiger partial charge on any atom is -0.490 e. The topological polar surface area (TPSA) is 78.1 Å². The Balaban J connectivity index is 0.00000196. The van der Waals surface area contributed by atoms with Crippen LogP contribution < -0.4 is 20.5 Å². The molecule has 4 rings (SSSR count). The third kappa shape index (κ3) is 4.39. The van der Waals surface area contributed by atoms with Crippen molar-refractivity contribution in [3.8, 4) is 11.5 Å². The van der Waals surface area contributed by atoms with Gasteiger partial charge < -0.3 is 25.3 Å². The molecule has 2 aromatic carbocycles. The third-order valence-corrected chi connectivity index (χ3v) is 4.24. The van der Waals surface area contributed by atoms with E-state index in [-0.39, 0.29) is 24.0 Å². The van der Waals surface area contributed by atoms with E-state index in [0.717, 1.165) is 29.2 Å². The van der Waals surface area contributed by atoms with Gasteiger partial charge in [0.15, 0.2) is 17.5 Å². The van der Waals surface area contributed by atoms with Crippen molar-refractivity contribution in [2.24, 2.45) is 10.7 Å². The summed E-state index contributed by atoms with van der Waals surface area (Å²) < 4.78 is 16.7. The van der Waals surface area contributed by atoms with Crippen molar-refractivity contribution in [3.63, 3.8) is 0 Å². The minimum atomic E-state index is 0. The Bertz CT molecular complexity index is 811. The molecule has 0 atom stereocenters. The molecule has 0 aliphatic carbocycles. The van der Waals surface area contributed by atoms with E-state index in [2.05, 4.69) is 28.5 Å². The summed E-state index contributed by atoms with van der Waals surface area (Å²) >= 11 is 0. The summed E-state index contributed by atoms with van der Waals surface area (Å²) in [6.07, 6.45) is 0.882. The number of nitrogens with zero attached hydrogens (tertiary/aromatic N) is 1. The van der Waals surface area contributed by atoms with Crippen LogP contribution in [-0.4, -0.2) is 19.2 Å². The number of aliphatic imine (C=N–C) groups is 1. The molecule has 0 amide bonds. The van der Waals surface area contributed by atoms with Gasteiger partial charge in [-0.15, -0.1) is 24.0 Å². The van der Waals surface area contributed by atoms with E-state index < -0.39 is 0 Å². The molecule has 0 unspecified atom stereocenters. The number of hydrogen-bond donors (Lipinski definition) is 2. The van der Waals surface area contributed by atoms with Crippen LogP contribution in [0.4, 0.5) is 5.69 Å². The molecule has 0 bridgehead atoms. The van der Waals surface area contributed by atoms with Gasteiger partial charge in [0.1, 0.15) is 0 Å². The second-order valence-electron chi connectivity index (χ2n) is 6.13. The van der Waals surface area contributed by atoms with Crippen LogP contribution in [0.25, 0.3) is 0 Å². The van der Waals surface area contributed by atoms with Crippen molar-refractivity contribution < 1.29 is 14.2 Å².